The molecule has 0 saturated heterocycles. The van der Waals surface area contributed by atoms with E-state index in [1.807, 2.05) is 31.2 Å². The molecule has 0 aliphatic carbocycles. The molecule has 5 nitrogen and oxygen atoms in total. The lowest BCUT2D eigenvalue weighted by molar-refractivity contribution is -0.148. The summed E-state index contributed by atoms with van der Waals surface area (Å²) in [7, 11) is 0. The smallest absolute Gasteiger partial charge is 0.335 e. The summed E-state index contributed by atoms with van der Waals surface area (Å²) in [6.07, 6.45) is 15.2. The van der Waals surface area contributed by atoms with Gasteiger partial charge in [-0.2, -0.15) is 0 Å². The minimum Gasteiger partial charge on any atom is -0.463 e. The third kappa shape index (κ3) is 10.8. The number of carbonyl (C=O) groups is 2. The van der Waals surface area contributed by atoms with Crippen molar-refractivity contribution in [3.05, 3.63) is 60.3 Å². The Labute approximate surface area is 204 Å². The molecule has 34 heavy (non-hydrogen) atoms. The van der Waals surface area contributed by atoms with Crippen molar-refractivity contribution in [2.75, 3.05) is 0 Å². The van der Waals surface area contributed by atoms with Crippen molar-refractivity contribution in [2.24, 2.45) is 0 Å². The molecule has 1 unspecified atom stereocenters. The highest BCUT2D eigenvalue weighted by Crippen LogP contribution is 2.21. The van der Waals surface area contributed by atoms with Gasteiger partial charge in [0.15, 0.2) is 0 Å². The average Bonchev–Trinajstić information content (AvgIpc) is 2.85. The zero-order chi connectivity index (χ0) is 24.6. The van der Waals surface area contributed by atoms with Crippen molar-refractivity contribution in [1.29, 1.82) is 0 Å². The van der Waals surface area contributed by atoms with Gasteiger partial charge in [0.05, 0.1) is 18.0 Å². The number of benzene rings is 1. The molecule has 0 bridgehead atoms. The van der Waals surface area contributed by atoms with Gasteiger partial charge in [0.25, 0.3) is 0 Å². The number of rotatable bonds is 15. The molecule has 0 N–H and O–H groups in total. The first-order valence-corrected chi connectivity index (χ1v) is 12.6. The maximum Gasteiger partial charge on any atom is 0.335 e. The van der Waals surface area contributed by atoms with Crippen LogP contribution < -0.4 is 4.74 Å². The molecule has 5 heteroatoms. The Balaban J connectivity index is 1.75. The highest BCUT2D eigenvalue weighted by atomic mass is 16.5. The van der Waals surface area contributed by atoms with Gasteiger partial charge in [-0.05, 0) is 50.3 Å². The van der Waals surface area contributed by atoms with Crippen LogP contribution in [-0.4, -0.2) is 23.0 Å². The predicted octanol–water partition coefficient (Wildman–Crippen LogP) is 7.24. The fraction of sp³-hybridized carbons (Fsp3) is 0.483. The van der Waals surface area contributed by atoms with Crippen LogP contribution in [0.3, 0.4) is 0 Å². The Morgan fingerprint density at radius 3 is 2.38 bits per heavy atom. The Morgan fingerprint density at radius 1 is 0.971 bits per heavy atom. The largest absolute Gasteiger partial charge is 0.463 e. The van der Waals surface area contributed by atoms with Crippen molar-refractivity contribution in [1.82, 2.24) is 4.98 Å². The maximum atomic E-state index is 12.0. The second kappa shape index (κ2) is 15.8. The third-order valence-corrected chi connectivity index (χ3v) is 5.64. The topological polar surface area (TPSA) is 65.5 Å². The first-order chi connectivity index (χ1) is 16.5. The van der Waals surface area contributed by atoms with E-state index in [-0.39, 0.29) is 18.0 Å². The van der Waals surface area contributed by atoms with Crippen LogP contribution in [0.4, 0.5) is 0 Å². The highest BCUT2D eigenvalue weighted by Gasteiger charge is 2.08. The standard InChI is InChI=1S/C29H39NO4/c1-4-6-7-8-9-10-11-12-13-29(32)34-26-20-21-27(30-22-26)25-18-16-24(17-19-25)15-14-23(3)33-28(31)5-2/h12-13,16-23H,4-11,14-15H2,1-3H3. The lowest BCUT2D eigenvalue weighted by Crippen LogP contribution is -2.14. The monoisotopic (exact) mass is 465 g/mol. The van der Waals surface area contributed by atoms with Crippen LogP contribution in [0.5, 0.6) is 5.75 Å². The number of nitrogens with zero attached hydrogens (tertiary/aromatic N) is 1. The van der Waals surface area contributed by atoms with Crippen molar-refractivity contribution in [2.45, 2.75) is 91.1 Å². The highest BCUT2D eigenvalue weighted by molar-refractivity contribution is 5.84. The van der Waals surface area contributed by atoms with Gasteiger partial charge in [0.1, 0.15) is 5.75 Å². The number of carbonyl (C=O) groups excluding carboxylic acids is 2. The van der Waals surface area contributed by atoms with Crippen LogP contribution in [0.2, 0.25) is 0 Å². The van der Waals surface area contributed by atoms with Gasteiger partial charge in [-0.15, -0.1) is 0 Å². The minimum atomic E-state index is -0.372. The van der Waals surface area contributed by atoms with Crippen LogP contribution in [0, 0.1) is 0 Å². The molecule has 1 atom stereocenters. The molecule has 1 aromatic heterocycles. The van der Waals surface area contributed by atoms with Crippen molar-refractivity contribution >= 4 is 11.9 Å². The van der Waals surface area contributed by atoms with Crippen molar-refractivity contribution < 1.29 is 19.1 Å². The molecule has 1 aromatic carbocycles. The van der Waals surface area contributed by atoms with E-state index in [2.05, 4.69) is 24.0 Å². The number of allylic oxidation sites excluding steroid dienone is 1. The summed E-state index contributed by atoms with van der Waals surface area (Å²) in [5.74, 6) is -0.0961. The zero-order valence-electron chi connectivity index (χ0n) is 20.9. The fourth-order valence-electron chi connectivity index (χ4n) is 3.56. The van der Waals surface area contributed by atoms with Gasteiger partial charge in [0.2, 0.25) is 0 Å². The fourth-order valence-corrected chi connectivity index (χ4v) is 3.56. The zero-order valence-corrected chi connectivity index (χ0v) is 20.9. The average molecular weight is 466 g/mol. The van der Waals surface area contributed by atoms with E-state index >= 15 is 0 Å². The molecular formula is C29H39NO4. The van der Waals surface area contributed by atoms with E-state index in [0.29, 0.717) is 12.2 Å². The Morgan fingerprint density at radius 2 is 1.71 bits per heavy atom. The molecule has 0 fully saturated rings. The molecule has 0 aliphatic rings. The number of hydrogen-bond acceptors (Lipinski definition) is 5. The number of hydrogen-bond donors (Lipinski definition) is 0. The van der Waals surface area contributed by atoms with E-state index in [1.54, 1.807) is 19.2 Å². The number of aryl methyl sites for hydroxylation is 1. The summed E-state index contributed by atoms with van der Waals surface area (Å²) in [6, 6.07) is 11.8. The quantitative estimate of drug-likeness (QED) is 0.158. The molecule has 0 spiro atoms. The van der Waals surface area contributed by atoms with Gasteiger partial charge < -0.3 is 9.47 Å². The SMILES string of the molecule is CCCCCCCCC=CC(=O)Oc1ccc(-c2ccc(CCC(C)OC(=O)CC)cc2)nc1. The van der Waals surface area contributed by atoms with Crippen LogP contribution in [0.15, 0.2) is 54.7 Å². The van der Waals surface area contributed by atoms with E-state index in [4.69, 9.17) is 9.47 Å². The summed E-state index contributed by atoms with van der Waals surface area (Å²) in [4.78, 5) is 27.8. The first kappa shape index (κ1) is 27.3. The van der Waals surface area contributed by atoms with Crippen molar-refractivity contribution in [3.63, 3.8) is 0 Å². The first-order valence-electron chi connectivity index (χ1n) is 12.6. The summed E-state index contributed by atoms with van der Waals surface area (Å²) in [5, 5.41) is 0. The molecule has 0 aliphatic heterocycles. The number of unbranched alkanes of at least 4 members (excludes halogenated alkanes) is 6. The number of pyridine rings is 1. The molecule has 0 saturated carbocycles. The summed E-state index contributed by atoms with van der Waals surface area (Å²) >= 11 is 0. The van der Waals surface area contributed by atoms with E-state index in [0.717, 1.165) is 36.9 Å². The molecule has 1 heterocycles. The van der Waals surface area contributed by atoms with Crippen LogP contribution >= 0.6 is 0 Å². The van der Waals surface area contributed by atoms with Crippen LogP contribution in [0.1, 0.15) is 84.1 Å². The summed E-state index contributed by atoms with van der Waals surface area (Å²) in [5.41, 5.74) is 2.99. The molecule has 184 valence electrons. The third-order valence-electron chi connectivity index (χ3n) is 5.64. The van der Waals surface area contributed by atoms with Crippen LogP contribution in [0.25, 0.3) is 11.3 Å². The van der Waals surface area contributed by atoms with E-state index in [1.165, 1.54) is 43.7 Å². The normalized spacial score (nSPS) is 12.0. The van der Waals surface area contributed by atoms with Crippen LogP contribution in [-0.2, 0) is 20.7 Å². The summed E-state index contributed by atoms with van der Waals surface area (Å²) < 4.78 is 10.7. The molecule has 2 aromatic rings. The second-order valence-electron chi connectivity index (χ2n) is 8.65. The summed E-state index contributed by atoms with van der Waals surface area (Å²) in [6.45, 7) is 5.94. The van der Waals surface area contributed by atoms with Gasteiger partial charge in [-0.25, -0.2) is 4.79 Å². The van der Waals surface area contributed by atoms with Gasteiger partial charge in [-0.1, -0.05) is 76.3 Å². The Kier molecular flexibility index (Phi) is 12.7. The molecule has 0 radical (unpaired) electrons. The number of esters is 2. The molecular weight excluding hydrogens is 426 g/mol. The Hall–Kier alpha value is -2.95. The van der Waals surface area contributed by atoms with Crippen molar-refractivity contribution in [3.8, 4) is 17.0 Å². The van der Waals surface area contributed by atoms with Gasteiger partial charge >= 0.3 is 11.9 Å². The minimum absolute atomic E-state index is 0.0885. The number of ether oxygens (including phenoxy) is 2. The lowest BCUT2D eigenvalue weighted by Gasteiger charge is -2.12. The number of aromatic nitrogens is 1. The van der Waals surface area contributed by atoms with E-state index < -0.39 is 0 Å². The lowest BCUT2D eigenvalue weighted by atomic mass is 10.0. The molecule has 2 rings (SSSR count). The maximum absolute atomic E-state index is 12.0. The Bertz CT molecular complexity index is 887. The molecule has 0 amide bonds. The van der Waals surface area contributed by atoms with E-state index in [9.17, 15) is 9.59 Å². The van der Waals surface area contributed by atoms with Gasteiger partial charge in [0, 0.05) is 18.1 Å². The second-order valence-corrected chi connectivity index (χ2v) is 8.65. The predicted molar refractivity (Wildman–Crippen MR) is 137 cm³/mol. The van der Waals surface area contributed by atoms with Gasteiger partial charge in [-0.3, -0.25) is 9.78 Å².